The number of hydrogen-bond donors (Lipinski definition) is 2. The van der Waals surface area contributed by atoms with E-state index in [1.165, 1.54) is 0 Å². The molecule has 82 valence electrons. The number of benzene rings is 1. The molecule has 0 spiro atoms. The summed E-state index contributed by atoms with van der Waals surface area (Å²) in [5.41, 5.74) is 0.691. The first-order valence-electron chi connectivity index (χ1n) is 4.67. The molecule has 0 bridgehead atoms. The van der Waals surface area contributed by atoms with Crippen molar-refractivity contribution in [2.45, 2.75) is 6.92 Å². The molecule has 0 aliphatic carbocycles. The minimum atomic E-state index is -0.421. The van der Waals surface area contributed by atoms with Crippen LogP contribution in [0.3, 0.4) is 0 Å². The number of amides is 2. The fraction of sp³-hybridized carbons (Fsp3) is 0.100. The van der Waals surface area contributed by atoms with E-state index in [0.717, 1.165) is 0 Å². The minimum absolute atomic E-state index is 0.0749. The Morgan fingerprint density at radius 1 is 1.19 bits per heavy atom. The molecule has 0 aliphatic heterocycles. The van der Waals surface area contributed by atoms with Gasteiger partial charge in [0.25, 0.3) is 0 Å². The molecule has 0 saturated heterocycles. The zero-order chi connectivity index (χ0) is 11.4. The molecule has 2 aromatic rings. The lowest BCUT2D eigenvalue weighted by Gasteiger charge is -2.03. The first kappa shape index (κ1) is 10.2. The maximum absolute atomic E-state index is 11.4. The predicted molar refractivity (Wildman–Crippen MR) is 58.1 cm³/mol. The highest BCUT2D eigenvalue weighted by atomic mass is 16.4. The number of hydrogen-bond acceptors (Lipinski definition) is 4. The van der Waals surface area contributed by atoms with E-state index < -0.39 is 6.03 Å². The lowest BCUT2D eigenvalue weighted by atomic mass is 10.3. The van der Waals surface area contributed by atoms with Gasteiger partial charge < -0.3 is 9.73 Å². The zero-order valence-corrected chi connectivity index (χ0v) is 8.60. The lowest BCUT2D eigenvalue weighted by Crippen LogP contribution is -2.19. The summed E-state index contributed by atoms with van der Waals surface area (Å²) in [5.74, 6) is 0.398. The van der Waals surface area contributed by atoms with Crippen LogP contribution in [0.15, 0.2) is 34.7 Å². The largest absolute Gasteiger partial charge is 0.408 e. The molecule has 1 aromatic heterocycles. The van der Waals surface area contributed by atoms with Crippen molar-refractivity contribution >= 4 is 17.7 Å². The summed E-state index contributed by atoms with van der Waals surface area (Å²) in [6, 6.07) is 8.72. The van der Waals surface area contributed by atoms with Gasteiger partial charge in [-0.05, 0) is 12.1 Å². The number of carbonyl (C=O) groups is 1. The SMILES string of the molecule is Cc1nnc(NC(=O)Nc2ccccc2)o1. The van der Waals surface area contributed by atoms with E-state index in [1.807, 2.05) is 18.2 Å². The maximum atomic E-state index is 11.4. The van der Waals surface area contributed by atoms with E-state index in [-0.39, 0.29) is 6.01 Å². The quantitative estimate of drug-likeness (QED) is 0.808. The van der Waals surface area contributed by atoms with Crippen molar-refractivity contribution in [2.24, 2.45) is 0 Å². The van der Waals surface area contributed by atoms with E-state index >= 15 is 0 Å². The van der Waals surface area contributed by atoms with Gasteiger partial charge in [0.15, 0.2) is 0 Å². The van der Waals surface area contributed by atoms with Crippen molar-refractivity contribution in [2.75, 3.05) is 10.6 Å². The number of anilines is 2. The Labute approximate surface area is 91.7 Å². The van der Waals surface area contributed by atoms with Crippen LogP contribution in [-0.2, 0) is 0 Å². The van der Waals surface area contributed by atoms with Gasteiger partial charge in [0.2, 0.25) is 5.89 Å². The average molecular weight is 218 g/mol. The van der Waals surface area contributed by atoms with Gasteiger partial charge in [-0.1, -0.05) is 23.3 Å². The zero-order valence-electron chi connectivity index (χ0n) is 8.60. The third-order valence-electron chi connectivity index (χ3n) is 1.78. The number of aromatic nitrogens is 2. The summed E-state index contributed by atoms with van der Waals surface area (Å²) < 4.78 is 5.00. The molecule has 6 nitrogen and oxygen atoms in total. The summed E-state index contributed by atoms with van der Waals surface area (Å²) >= 11 is 0. The van der Waals surface area contributed by atoms with Gasteiger partial charge in [0.1, 0.15) is 0 Å². The van der Waals surface area contributed by atoms with Crippen molar-refractivity contribution < 1.29 is 9.21 Å². The smallest absolute Gasteiger partial charge is 0.327 e. The third-order valence-corrected chi connectivity index (χ3v) is 1.78. The summed E-state index contributed by atoms with van der Waals surface area (Å²) in [4.78, 5) is 11.4. The molecule has 0 unspecified atom stereocenters. The molecule has 1 aromatic carbocycles. The molecule has 0 atom stereocenters. The number of nitrogens with one attached hydrogen (secondary N) is 2. The van der Waals surface area contributed by atoms with Crippen LogP contribution in [0.5, 0.6) is 0 Å². The molecule has 0 radical (unpaired) electrons. The van der Waals surface area contributed by atoms with Crippen molar-refractivity contribution in [1.29, 1.82) is 0 Å². The molecular weight excluding hydrogens is 208 g/mol. The van der Waals surface area contributed by atoms with Crippen molar-refractivity contribution in [3.8, 4) is 0 Å². The Morgan fingerprint density at radius 3 is 2.56 bits per heavy atom. The van der Waals surface area contributed by atoms with E-state index in [2.05, 4.69) is 20.8 Å². The number of urea groups is 1. The monoisotopic (exact) mass is 218 g/mol. The lowest BCUT2D eigenvalue weighted by molar-refractivity contribution is 0.261. The van der Waals surface area contributed by atoms with Gasteiger partial charge in [-0.25, -0.2) is 4.79 Å². The maximum Gasteiger partial charge on any atom is 0.327 e. The molecule has 0 fully saturated rings. The summed E-state index contributed by atoms with van der Waals surface area (Å²) in [5, 5.41) is 12.3. The molecule has 0 aliphatic rings. The molecule has 1 heterocycles. The normalized spacial score (nSPS) is 9.81. The molecule has 6 heteroatoms. The van der Waals surface area contributed by atoms with Crippen LogP contribution in [0.1, 0.15) is 5.89 Å². The Bertz CT molecular complexity index is 481. The second kappa shape index (κ2) is 4.43. The van der Waals surface area contributed by atoms with Crippen LogP contribution in [0.4, 0.5) is 16.5 Å². The Kier molecular flexibility index (Phi) is 2.81. The molecule has 0 saturated carbocycles. The average Bonchev–Trinajstić information content (AvgIpc) is 2.65. The number of para-hydroxylation sites is 1. The number of rotatable bonds is 2. The highest BCUT2D eigenvalue weighted by molar-refractivity contribution is 5.98. The Balaban J connectivity index is 1.95. The summed E-state index contributed by atoms with van der Waals surface area (Å²) in [6.45, 7) is 1.65. The molecular formula is C10H10N4O2. The van der Waals surface area contributed by atoms with Crippen molar-refractivity contribution in [3.05, 3.63) is 36.2 Å². The topological polar surface area (TPSA) is 80.0 Å². The van der Waals surface area contributed by atoms with Crippen molar-refractivity contribution in [1.82, 2.24) is 10.2 Å². The number of nitrogens with zero attached hydrogens (tertiary/aromatic N) is 2. The first-order chi connectivity index (χ1) is 7.74. The summed E-state index contributed by atoms with van der Waals surface area (Å²) in [7, 11) is 0. The third kappa shape index (κ3) is 2.57. The Hall–Kier alpha value is -2.37. The van der Waals surface area contributed by atoms with E-state index in [9.17, 15) is 4.79 Å². The highest BCUT2D eigenvalue weighted by Gasteiger charge is 2.06. The van der Waals surface area contributed by atoms with Crippen LogP contribution in [0, 0.1) is 6.92 Å². The van der Waals surface area contributed by atoms with Gasteiger partial charge in [-0.3, -0.25) is 5.32 Å². The van der Waals surface area contributed by atoms with Gasteiger partial charge in [0, 0.05) is 12.6 Å². The van der Waals surface area contributed by atoms with Crippen LogP contribution in [0.2, 0.25) is 0 Å². The van der Waals surface area contributed by atoms with Gasteiger partial charge in [-0.15, -0.1) is 5.10 Å². The van der Waals surface area contributed by atoms with Gasteiger partial charge >= 0.3 is 12.0 Å². The summed E-state index contributed by atoms with van der Waals surface area (Å²) in [6.07, 6.45) is 0. The van der Waals surface area contributed by atoms with E-state index in [4.69, 9.17) is 4.42 Å². The van der Waals surface area contributed by atoms with Crippen LogP contribution < -0.4 is 10.6 Å². The van der Waals surface area contributed by atoms with E-state index in [1.54, 1.807) is 19.1 Å². The number of carbonyl (C=O) groups excluding carboxylic acids is 1. The standard InChI is InChI=1S/C10H10N4O2/c1-7-13-14-10(16-7)12-9(15)11-8-5-3-2-4-6-8/h2-6H,1H3,(H2,11,12,14,15). The molecule has 2 rings (SSSR count). The second-order valence-electron chi connectivity index (χ2n) is 3.07. The van der Waals surface area contributed by atoms with Crippen LogP contribution >= 0.6 is 0 Å². The van der Waals surface area contributed by atoms with Crippen LogP contribution in [0.25, 0.3) is 0 Å². The van der Waals surface area contributed by atoms with Gasteiger partial charge in [0.05, 0.1) is 0 Å². The Morgan fingerprint density at radius 2 is 1.94 bits per heavy atom. The first-order valence-corrected chi connectivity index (χ1v) is 4.67. The molecule has 16 heavy (non-hydrogen) atoms. The number of aryl methyl sites for hydroxylation is 1. The minimum Gasteiger partial charge on any atom is -0.408 e. The second-order valence-corrected chi connectivity index (χ2v) is 3.07. The van der Waals surface area contributed by atoms with Gasteiger partial charge in [-0.2, -0.15) is 0 Å². The fourth-order valence-electron chi connectivity index (χ4n) is 1.13. The highest BCUT2D eigenvalue weighted by Crippen LogP contribution is 2.07. The van der Waals surface area contributed by atoms with Crippen LogP contribution in [-0.4, -0.2) is 16.2 Å². The van der Waals surface area contributed by atoms with Crippen molar-refractivity contribution in [3.63, 3.8) is 0 Å². The van der Waals surface area contributed by atoms with E-state index in [0.29, 0.717) is 11.6 Å². The molecule has 2 amide bonds. The predicted octanol–water partition coefficient (Wildman–Crippen LogP) is 2.02. The molecule has 2 N–H and O–H groups in total. The fourth-order valence-corrected chi connectivity index (χ4v) is 1.13.